The van der Waals surface area contributed by atoms with E-state index in [1.54, 1.807) is 60.7 Å². The second-order valence-electron chi connectivity index (χ2n) is 7.65. The summed E-state index contributed by atoms with van der Waals surface area (Å²) in [5.74, 6) is 0.280. The number of fused-ring (bicyclic) bond motifs is 1. The summed E-state index contributed by atoms with van der Waals surface area (Å²) >= 11 is 0. The number of carboxylic acid groups (broad SMARTS) is 1. The van der Waals surface area contributed by atoms with E-state index >= 15 is 0 Å². The van der Waals surface area contributed by atoms with Gasteiger partial charge in [-0.1, -0.05) is 12.1 Å². The Morgan fingerprint density at radius 2 is 1.89 bits per heavy atom. The van der Waals surface area contributed by atoms with Crippen LogP contribution < -0.4 is 19.6 Å². The van der Waals surface area contributed by atoms with Crippen LogP contribution in [0.4, 0.5) is 0 Å². The largest absolute Gasteiger partial charge is 0.494 e. The summed E-state index contributed by atoms with van der Waals surface area (Å²) in [5, 5.41) is 13.9. The summed E-state index contributed by atoms with van der Waals surface area (Å²) in [6.45, 7) is 2.62. The van der Waals surface area contributed by atoms with Gasteiger partial charge < -0.3 is 23.7 Å². The molecule has 0 aliphatic heterocycles. The van der Waals surface area contributed by atoms with Crippen molar-refractivity contribution in [2.75, 3.05) is 13.7 Å². The lowest BCUT2D eigenvalue weighted by molar-refractivity contribution is 0.0696. The highest BCUT2D eigenvalue weighted by Gasteiger charge is 2.13. The van der Waals surface area contributed by atoms with Crippen molar-refractivity contribution in [1.82, 2.24) is 5.43 Å². The Balaban J connectivity index is 1.39. The molecule has 0 saturated carbocycles. The van der Waals surface area contributed by atoms with Crippen LogP contribution >= 0.6 is 0 Å². The van der Waals surface area contributed by atoms with Gasteiger partial charge in [0, 0.05) is 5.39 Å². The second-order valence-corrected chi connectivity index (χ2v) is 7.65. The first kappa shape index (κ1) is 24.3. The summed E-state index contributed by atoms with van der Waals surface area (Å²) in [7, 11) is 1.51. The summed E-state index contributed by atoms with van der Waals surface area (Å²) in [4.78, 5) is 23.6. The Hall–Kier alpha value is -4.79. The average Bonchev–Trinajstić information content (AvgIpc) is 3.32. The van der Waals surface area contributed by atoms with Crippen molar-refractivity contribution in [3.8, 4) is 17.2 Å². The van der Waals surface area contributed by atoms with Crippen molar-refractivity contribution in [1.29, 1.82) is 0 Å². The highest BCUT2D eigenvalue weighted by atomic mass is 16.5. The zero-order chi connectivity index (χ0) is 25.5. The van der Waals surface area contributed by atoms with Gasteiger partial charge in [-0.2, -0.15) is 5.10 Å². The molecule has 9 nitrogen and oxygen atoms in total. The molecule has 2 N–H and O–H groups in total. The van der Waals surface area contributed by atoms with Crippen LogP contribution in [0.1, 0.15) is 39.0 Å². The maximum atomic E-state index is 12.4. The number of carboxylic acids is 1. The summed E-state index contributed by atoms with van der Waals surface area (Å²) < 4.78 is 22.3. The summed E-state index contributed by atoms with van der Waals surface area (Å²) in [6.07, 6.45) is 1.47. The van der Waals surface area contributed by atoms with Crippen molar-refractivity contribution >= 4 is 29.1 Å². The molecule has 0 bridgehead atoms. The van der Waals surface area contributed by atoms with Gasteiger partial charge in [-0.25, -0.2) is 10.2 Å². The van der Waals surface area contributed by atoms with E-state index in [1.807, 2.05) is 6.92 Å². The van der Waals surface area contributed by atoms with E-state index in [-0.39, 0.29) is 17.9 Å². The molecule has 4 rings (SSSR count). The fraction of sp³-hybridized carbons (Fsp3) is 0.148. The highest BCUT2D eigenvalue weighted by Crippen LogP contribution is 2.28. The topological polar surface area (TPSA) is 120 Å². The molecule has 1 heterocycles. The minimum atomic E-state index is -0.999. The summed E-state index contributed by atoms with van der Waals surface area (Å²) in [5.41, 5.74) is 4.59. The Labute approximate surface area is 206 Å². The number of carbonyl (C=O) groups is 2. The number of hydrazone groups is 1. The third-order valence-electron chi connectivity index (χ3n) is 5.16. The van der Waals surface area contributed by atoms with Crippen LogP contribution in [0, 0.1) is 0 Å². The molecule has 0 atom stereocenters. The van der Waals surface area contributed by atoms with Gasteiger partial charge in [0.05, 0.1) is 25.5 Å². The first-order valence-electron chi connectivity index (χ1n) is 11.1. The van der Waals surface area contributed by atoms with Gasteiger partial charge in [0.2, 0.25) is 0 Å². The molecule has 184 valence electrons. The number of benzene rings is 3. The van der Waals surface area contributed by atoms with Crippen LogP contribution in [-0.4, -0.2) is 36.9 Å². The van der Waals surface area contributed by atoms with Crippen molar-refractivity contribution in [3.63, 3.8) is 0 Å². The Morgan fingerprint density at radius 1 is 1.03 bits per heavy atom. The number of amides is 1. The van der Waals surface area contributed by atoms with Gasteiger partial charge in [-0.15, -0.1) is 0 Å². The molecule has 1 aromatic heterocycles. The first-order valence-corrected chi connectivity index (χ1v) is 11.1. The molecule has 0 saturated heterocycles. The van der Waals surface area contributed by atoms with E-state index in [2.05, 4.69) is 10.5 Å². The lowest BCUT2D eigenvalue weighted by atomic mass is 10.1. The Bertz CT molecular complexity index is 1420. The van der Waals surface area contributed by atoms with E-state index in [4.69, 9.17) is 23.7 Å². The SMILES string of the molecule is CCOc1ccc2oc(C(=O)N/N=C/c3ccc(OCc4cccc(C(=O)O)c4)c(OC)c3)cc2c1. The van der Waals surface area contributed by atoms with Gasteiger partial charge in [-0.05, 0) is 72.6 Å². The molecule has 0 unspecified atom stereocenters. The number of nitrogens with zero attached hydrogens (tertiary/aromatic N) is 1. The molecule has 0 aliphatic rings. The van der Waals surface area contributed by atoms with Crippen LogP contribution in [0.5, 0.6) is 17.2 Å². The number of aromatic carboxylic acids is 1. The number of hydrogen-bond acceptors (Lipinski definition) is 7. The van der Waals surface area contributed by atoms with E-state index < -0.39 is 11.9 Å². The molecule has 0 fully saturated rings. The molecule has 0 radical (unpaired) electrons. The Morgan fingerprint density at radius 3 is 2.67 bits per heavy atom. The van der Waals surface area contributed by atoms with Crippen LogP contribution in [0.25, 0.3) is 11.0 Å². The number of nitrogens with one attached hydrogen (secondary N) is 1. The molecule has 3 aromatic carbocycles. The molecular formula is C27H24N2O7. The molecular weight excluding hydrogens is 464 g/mol. The van der Waals surface area contributed by atoms with Crippen molar-refractivity contribution < 1.29 is 33.3 Å². The number of hydrogen-bond donors (Lipinski definition) is 2. The zero-order valence-corrected chi connectivity index (χ0v) is 19.7. The molecule has 1 amide bonds. The predicted octanol–water partition coefficient (Wildman–Crippen LogP) is 4.88. The fourth-order valence-electron chi connectivity index (χ4n) is 3.45. The number of methoxy groups -OCH3 is 1. The predicted molar refractivity (Wildman–Crippen MR) is 133 cm³/mol. The maximum absolute atomic E-state index is 12.4. The third-order valence-corrected chi connectivity index (χ3v) is 5.16. The lowest BCUT2D eigenvalue weighted by Gasteiger charge is -2.11. The normalized spacial score (nSPS) is 10.9. The number of carbonyl (C=O) groups excluding carboxylic acids is 1. The molecule has 9 heteroatoms. The van der Waals surface area contributed by atoms with E-state index in [0.717, 1.165) is 5.39 Å². The van der Waals surface area contributed by atoms with Crippen molar-refractivity contribution in [2.45, 2.75) is 13.5 Å². The minimum absolute atomic E-state index is 0.129. The van der Waals surface area contributed by atoms with Crippen LogP contribution in [0.3, 0.4) is 0 Å². The fourth-order valence-corrected chi connectivity index (χ4v) is 3.45. The van der Waals surface area contributed by atoms with E-state index in [0.29, 0.717) is 40.6 Å². The molecule has 4 aromatic rings. The second kappa shape index (κ2) is 11.1. The monoisotopic (exact) mass is 488 g/mol. The van der Waals surface area contributed by atoms with Crippen molar-refractivity contribution in [3.05, 3.63) is 89.2 Å². The Kier molecular flexibility index (Phi) is 7.50. The maximum Gasteiger partial charge on any atom is 0.335 e. The van der Waals surface area contributed by atoms with Gasteiger partial charge in [0.1, 0.15) is 17.9 Å². The van der Waals surface area contributed by atoms with Gasteiger partial charge in [0.25, 0.3) is 0 Å². The smallest absolute Gasteiger partial charge is 0.335 e. The number of rotatable bonds is 10. The van der Waals surface area contributed by atoms with E-state index in [1.165, 1.54) is 19.4 Å². The average molecular weight is 488 g/mol. The lowest BCUT2D eigenvalue weighted by Crippen LogP contribution is -2.16. The minimum Gasteiger partial charge on any atom is -0.494 e. The quantitative estimate of drug-likeness (QED) is 0.241. The highest BCUT2D eigenvalue weighted by molar-refractivity contribution is 5.96. The first-order chi connectivity index (χ1) is 17.5. The number of furan rings is 1. The van der Waals surface area contributed by atoms with Crippen LogP contribution in [0.15, 0.2) is 76.2 Å². The van der Waals surface area contributed by atoms with Crippen LogP contribution in [-0.2, 0) is 6.61 Å². The molecule has 0 spiro atoms. The molecule has 36 heavy (non-hydrogen) atoms. The number of ether oxygens (including phenoxy) is 3. The summed E-state index contributed by atoms with van der Waals surface area (Å²) in [6, 6.07) is 18.6. The van der Waals surface area contributed by atoms with Crippen LogP contribution in [0.2, 0.25) is 0 Å². The van der Waals surface area contributed by atoms with Gasteiger partial charge in [-0.3, -0.25) is 4.79 Å². The third kappa shape index (κ3) is 5.82. The zero-order valence-electron chi connectivity index (χ0n) is 19.7. The molecule has 0 aliphatic carbocycles. The van der Waals surface area contributed by atoms with Gasteiger partial charge >= 0.3 is 11.9 Å². The standard InChI is InChI=1S/C27H24N2O7/c1-3-34-21-8-10-22-20(13-21)14-25(36-22)26(30)29-28-15-17-7-9-23(24(12-17)33-2)35-16-18-5-4-6-19(11-18)27(31)32/h4-15H,3,16H2,1-2H3,(H,29,30)(H,31,32)/b28-15+. The van der Waals surface area contributed by atoms with E-state index in [9.17, 15) is 9.59 Å². The van der Waals surface area contributed by atoms with Crippen molar-refractivity contribution in [2.24, 2.45) is 5.10 Å². The van der Waals surface area contributed by atoms with Gasteiger partial charge in [0.15, 0.2) is 17.3 Å².